The molecule has 0 spiro atoms. The Kier molecular flexibility index (Phi) is 3.37. The zero-order chi connectivity index (χ0) is 14.8. The fraction of sp³-hybridized carbons (Fsp3) is 0. The van der Waals surface area contributed by atoms with E-state index in [9.17, 15) is 9.90 Å². The van der Waals surface area contributed by atoms with Crippen LogP contribution in [0.3, 0.4) is 0 Å². The van der Waals surface area contributed by atoms with Gasteiger partial charge in [-0.15, -0.1) is 0 Å². The second-order valence-corrected chi connectivity index (χ2v) is 4.63. The van der Waals surface area contributed by atoms with Crippen LogP contribution in [-0.2, 0) is 0 Å². The summed E-state index contributed by atoms with van der Waals surface area (Å²) in [5.41, 5.74) is 0.116. The summed E-state index contributed by atoms with van der Waals surface area (Å²) in [5, 5.41) is 10.6. The number of aromatic amines is 1. The predicted octanol–water partition coefficient (Wildman–Crippen LogP) is 2.25. The molecule has 1 aromatic carbocycles. The minimum Gasteiger partial charge on any atom is -0.493 e. The first-order valence-corrected chi connectivity index (χ1v) is 6.39. The molecular weight excluding hydrogens is 292 g/mol. The Morgan fingerprint density at radius 1 is 1.10 bits per heavy atom. The van der Waals surface area contributed by atoms with E-state index < -0.39 is 5.56 Å². The molecule has 0 atom stereocenters. The number of H-pyrrole nitrogens is 1. The largest absolute Gasteiger partial charge is 0.493 e. The van der Waals surface area contributed by atoms with Crippen LogP contribution in [0.1, 0.15) is 0 Å². The Morgan fingerprint density at radius 3 is 2.38 bits per heavy atom. The Bertz CT molecular complexity index is 832. The van der Waals surface area contributed by atoms with Gasteiger partial charge in [-0.2, -0.15) is 4.98 Å². The lowest BCUT2D eigenvalue weighted by Crippen LogP contribution is -2.12. The molecule has 0 bridgehead atoms. The SMILES string of the molecule is O=c1[nH]c(-c2ncccn2)nc(O)c1-c1ccc(Cl)cc1. The molecule has 2 heterocycles. The number of benzene rings is 1. The van der Waals surface area contributed by atoms with Gasteiger partial charge in [-0.25, -0.2) is 9.97 Å². The third-order valence-corrected chi connectivity index (χ3v) is 3.06. The van der Waals surface area contributed by atoms with Crippen LogP contribution in [0.2, 0.25) is 5.02 Å². The lowest BCUT2D eigenvalue weighted by Gasteiger charge is -2.05. The van der Waals surface area contributed by atoms with Gasteiger partial charge in [-0.1, -0.05) is 23.7 Å². The Morgan fingerprint density at radius 2 is 1.76 bits per heavy atom. The van der Waals surface area contributed by atoms with Crippen LogP contribution >= 0.6 is 11.6 Å². The van der Waals surface area contributed by atoms with Crippen LogP contribution in [0.4, 0.5) is 0 Å². The molecular formula is C14H9ClN4O2. The number of halogens is 1. The molecule has 3 rings (SSSR count). The zero-order valence-electron chi connectivity index (χ0n) is 10.6. The number of hydrogen-bond donors (Lipinski definition) is 2. The average molecular weight is 301 g/mol. The van der Waals surface area contributed by atoms with Gasteiger partial charge >= 0.3 is 0 Å². The van der Waals surface area contributed by atoms with Crippen LogP contribution in [0.25, 0.3) is 22.8 Å². The number of nitrogens with zero attached hydrogens (tertiary/aromatic N) is 3. The first-order valence-electron chi connectivity index (χ1n) is 6.02. The van der Waals surface area contributed by atoms with Crippen LogP contribution in [0.5, 0.6) is 5.88 Å². The summed E-state index contributed by atoms with van der Waals surface area (Å²) >= 11 is 5.80. The highest BCUT2D eigenvalue weighted by Gasteiger charge is 2.14. The van der Waals surface area contributed by atoms with E-state index in [-0.39, 0.29) is 23.1 Å². The summed E-state index contributed by atoms with van der Waals surface area (Å²) in [6.07, 6.45) is 3.04. The summed E-state index contributed by atoms with van der Waals surface area (Å²) in [4.78, 5) is 26.6. The van der Waals surface area contributed by atoms with Gasteiger partial charge in [-0.3, -0.25) is 4.79 Å². The molecule has 7 heteroatoms. The summed E-state index contributed by atoms with van der Waals surface area (Å²) in [7, 11) is 0. The van der Waals surface area contributed by atoms with E-state index in [0.29, 0.717) is 10.6 Å². The van der Waals surface area contributed by atoms with Crippen molar-refractivity contribution in [3.63, 3.8) is 0 Å². The molecule has 0 saturated carbocycles. The van der Waals surface area contributed by atoms with E-state index >= 15 is 0 Å². The van der Waals surface area contributed by atoms with Crippen molar-refractivity contribution < 1.29 is 5.11 Å². The van der Waals surface area contributed by atoms with Gasteiger partial charge in [0.05, 0.1) is 0 Å². The lowest BCUT2D eigenvalue weighted by atomic mass is 10.1. The van der Waals surface area contributed by atoms with Crippen molar-refractivity contribution in [2.75, 3.05) is 0 Å². The van der Waals surface area contributed by atoms with Crippen LogP contribution in [0, 0.1) is 0 Å². The zero-order valence-corrected chi connectivity index (χ0v) is 11.4. The Hall–Kier alpha value is -2.73. The minimum atomic E-state index is -0.479. The number of hydrogen-bond acceptors (Lipinski definition) is 5. The molecule has 0 saturated heterocycles. The summed E-state index contributed by atoms with van der Waals surface area (Å²) in [5.74, 6) is -0.0492. The monoisotopic (exact) mass is 300 g/mol. The molecule has 2 N–H and O–H groups in total. The number of aromatic nitrogens is 4. The maximum atomic E-state index is 12.2. The highest BCUT2D eigenvalue weighted by Crippen LogP contribution is 2.25. The molecule has 3 aromatic rings. The van der Waals surface area contributed by atoms with Gasteiger partial charge in [0.15, 0.2) is 11.6 Å². The third-order valence-electron chi connectivity index (χ3n) is 2.81. The first kappa shape index (κ1) is 13.3. The van der Waals surface area contributed by atoms with Crippen molar-refractivity contribution in [1.29, 1.82) is 0 Å². The molecule has 2 aromatic heterocycles. The van der Waals surface area contributed by atoms with E-state index in [1.807, 2.05) is 0 Å². The molecule has 0 amide bonds. The van der Waals surface area contributed by atoms with Crippen molar-refractivity contribution in [1.82, 2.24) is 19.9 Å². The maximum Gasteiger partial charge on any atom is 0.263 e. The van der Waals surface area contributed by atoms with Gasteiger partial charge in [0, 0.05) is 17.4 Å². The average Bonchev–Trinajstić information content (AvgIpc) is 2.49. The van der Waals surface area contributed by atoms with Crippen LogP contribution in [-0.4, -0.2) is 25.0 Å². The second kappa shape index (κ2) is 5.34. The van der Waals surface area contributed by atoms with Crippen LogP contribution < -0.4 is 5.56 Å². The minimum absolute atomic E-state index is 0.0753. The summed E-state index contributed by atoms with van der Waals surface area (Å²) in [6, 6.07) is 8.16. The molecule has 0 aliphatic carbocycles. The molecule has 0 aliphatic heterocycles. The fourth-order valence-corrected chi connectivity index (χ4v) is 1.99. The van der Waals surface area contributed by atoms with Gasteiger partial charge in [0.25, 0.3) is 5.56 Å². The lowest BCUT2D eigenvalue weighted by molar-refractivity contribution is 0.454. The van der Waals surface area contributed by atoms with E-state index in [2.05, 4.69) is 19.9 Å². The predicted molar refractivity (Wildman–Crippen MR) is 78.0 cm³/mol. The second-order valence-electron chi connectivity index (χ2n) is 4.19. The van der Waals surface area contributed by atoms with Crippen molar-refractivity contribution in [3.05, 3.63) is 58.1 Å². The normalized spacial score (nSPS) is 10.5. The number of nitrogens with one attached hydrogen (secondary N) is 1. The van der Waals surface area contributed by atoms with Gasteiger partial charge < -0.3 is 10.1 Å². The van der Waals surface area contributed by atoms with Gasteiger partial charge in [0.1, 0.15) is 5.56 Å². The summed E-state index contributed by atoms with van der Waals surface area (Å²) < 4.78 is 0. The van der Waals surface area contributed by atoms with Crippen molar-refractivity contribution in [2.45, 2.75) is 0 Å². The van der Waals surface area contributed by atoms with Crippen LogP contribution in [0.15, 0.2) is 47.5 Å². The van der Waals surface area contributed by atoms with Gasteiger partial charge in [0.2, 0.25) is 5.88 Å². The molecule has 6 nitrogen and oxygen atoms in total. The van der Waals surface area contributed by atoms with E-state index in [1.54, 1.807) is 30.3 Å². The van der Waals surface area contributed by atoms with E-state index in [4.69, 9.17) is 11.6 Å². The molecule has 104 valence electrons. The number of aromatic hydroxyl groups is 1. The fourth-order valence-electron chi connectivity index (χ4n) is 1.87. The Balaban J connectivity index is 2.13. The molecule has 0 radical (unpaired) electrons. The molecule has 21 heavy (non-hydrogen) atoms. The standard InChI is InChI=1S/C14H9ClN4O2/c15-9-4-2-8(3-5-9)10-13(20)18-12(19-14(10)21)11-16-6-1-7-17-11/h1-7H,(H2,18,19,20,21). The summed E-state index contributed by atoms with van der Waals surface area (Å²) in [6.45, 7) is 0. The van der Waals surface area contributed by atoms with Crippen molar-refractivity contribution in [2.24, 2.45) is 0 Å². The van der Waals surface area contributed by atoms with E-state index in [1.165, 1.54) is 12.4 Å². The first-order chi connectivity index (χ1) is 10.1. The molecule has 0 unspecified atom stereocenters. The highest BCUT2D eigenvalue weighted by atomic mass is 35.5. The number of rotatable bonds is 2. The smallest absolute Gasteiger partial charge is 0.263 e. The van der Waals surface area contributed by atoms with E-state index in [0.717, 1.165) is 0 Å². The topological polar surface area (TPSA) is 91.8 Å². The molecule has 0 fully saturated rings. The maximum absolute atomic E-state index is 12.2. The molecule has 0 aliphatic rings. The van der Waals surface area contributed by atoms with Crippen molar-refractivity contribution >= 4 is 11.6 Å². The van der Waals surface area contributed by atoms with Gasteiger partial charge in [-0.05, 0) is 23.8 Å². The highest BCUT2D eigenvalue weighted by molar-refractivity contribution is 6.30. The quantitative estimate of drug-likeness (QED) is 0.757. The van der Waals surface area contributed by atoms with Crippen molar-refractivity contribution in [3.8, 4) is 28.7 Å². The Labute approximate surface area is 124 Å². The third kappa shape index (κ3) is 2.61.